The molecule has 110 valence electrons. The molecule has 0 saturated carbocycles. The van der Waals surface area contributed by atoms with Crippen molar-refractivity contribution in [3.05, 3.63) is 22.7 Å². The maximum absolute atomic E-state index is 11.8. The Morgan fingerprint density at radius 2 is 2.10 bits per heavy atom. The number of nitrogens with one attached hydrogen (secondary N) is 1. The van der Waals surface area contributed by atoms with Crippen molar-refractivity contribution >= 4 is 17.5 Å². The molecule has 0 aliphatic carbocycles. The Morgan fingerprint density at radius 3 is 2.85 bits per heavy atom. The number of benzene rings is 1. The third kappa shape index (κ3) is 4.04. The summed E-state index contributed by atoms with van der Waals surface area (Å²) in [6.45, 7) is 5.98. The summed E-state index contributed by atoms with van der Waals surface area (Å²) in [6, 6.07) is 3.58. The molecule has 0 unspecified atom stereocenters. The van der Waals surface area contributed by atoms with Crippen molar-refractivity contribution < 1.29 is 14.3 Å². The van der Waals surface area contributed by atoms with E-state index < -0.39 is 0 Å². The van der Waals surface area contributed by atoms with Crippen LogP contribution >= 0.6 is 11.6 Å². The van der Waals surface area contributed by atoms with Crippen molar-refractivity contribution in [3.8, 4) is 11.5 Å². The molecule has 1 aliphatic heterocycles. The molecule has 0 radical (unpaired) electrons. The van der Waals surface area contributed by atoms with E-state index in [1.807, 2.05) is 6.07 Å². The Kier molecular flexibility index (Phi) is 5.12. The van der Waals surface area contributed by atoms with Crippen molar-refractivity contribution in [1.29, 1.82) is 0 Å². The molecule has 4 nitrogen and oxygen atoms in total. The first kappa shape index (κ1) is 15.0. The van der Waals surface area contributed by atoms with Crippen LogP contribution in [0.1, 0.15) is 25.8 Å². The van der Waals surface area contributed by atoms with Gasteiger partial charge in [-0.1, -0.05) is 25.4 Å². The molecule has 0 atom stereocenters. The van der Waals surface area contributed by atoms with Crippen LogP contribution in [0.4, 0.5) is 0 Å². The second-order valence-electron chi connectivity index (χ2n) is 5.31. The maximum Gasteiger partial charge on any atom is 0.224 e. The highest BCUT2D eigenvalue weighted by Crippen LogP contribution is 2.38. The van der Waals surface area contributed by atoms with Gasteiger partial charge < -0.3 is 14.8 Å². The van der Waals surface area contributed by atoms with Crippen LogP contribution in [0.2, 0.25) is 5.02 Å². The third-order valence-corrected chi connectivity index (χ3v) is 3.35. The molecule has 1 aliphatic rings. The number of hydrogen-bond acceptors (Lipinski definition) is 3. The van der Waals surface area contributed by atoms with Gasteiger partial charge in [-0.05, 0) is 30.0 Å². The second-order valence-corrected chi connectivity index (χ2v) is 5.72. The quantitative estimate of drug-likeness (QED) is 0.909. The van der Waals surface area contributed by atoms with Crippen LogP contribution in [0.25, 0.3) is 0 Å². The van der Waals surface area contributed by atoms with E-state index in [1.54, 1.807) is 6.07 Å². The molecule has 2 rings (SSSR count). The molecule has 0 fully saturated rings. The Bertz CT molecular complexity index is 488. The van der Waals surface area contributed by atoms with Gasteiger partial charge >= 0.3 is 0 Å². The van der Waals surface area contributed by atoms with Crippen LogP contribution in [-0.2, 0) is 11.2 Å². The molecule has 1 aromatic rings. The average Bonchev–Trinajstić information content (AvgIpc) is 2.38. The lowest BCUT2D eigenvalue weighted by Crippen LogP contribution is -2.27. The van der Waals surface area contributed by atoms with Gasteiger partial charge in [0.25, 0.3) is 0 Å². The van der Waals surface area contributed by atoms with Gasteiger partial charge in [-0.15, -0.1) is 0 Å². The van der Waals surface area contributed by atoms with Crippen LogP contribution in [0.3, 0.4) is 0 Å². The molecular formula is C15H20ClNO3. The summed E-state index contributed by atoms with van der Waals surface area (Å²) in [7, 11) is 0. The monoisotopic (exact) mass is 297 g/mol. The molecule has 1 heterocycles. The maximum atomic E-state index is 11.8. The number of carbonyl (C=O) groups excluding carboxylic acids is 1. The topological polar surface area (TPSA) is 47.6 Å². The van der Waals surface area contributed by atoms with E-state index in [0.717, 1.165) is 12.0 Å². The molecule has 0 saturated heterocycles. The van der Waals surface area contributed by atoms with E-state index in [9.17, 15) is 4.79 Å². The SMILES string of the molecule is CC(C)CCNC(=O)Cc1cc(Cl)c2c(c1)OCCO2. The fraction of sp³-hybridized carbons (Fsp3) is 0.533. The predicted octanol–water partition coefficient (Wildman–Crippen LogP) is 2.82. The Balaban J connectivity index is 1.96. The van der Waals surface area contributed by atoms with Gasteiger partial charge in [0.05, 0.1) is 11.4 Å². The fourth-order valence-corrected chi connectivity index (χ4v) is 2.30. The van der Waals surface area contributed by atoms with Crippen molar-refractivity contribution in [2.24, 2.45) is 5.92 Å². The van der Waals surface area contributed by atoms with Gasteiger partial charge in [0.2, 0.25) is 5.91 Å². The number of fused-ring (bicyclic) bond motifs is 1. The van der Waals surface area contributed by atoms with Crippen molar-refractivity contribution in [3.63, 3.8) is 0 Å². The highest BCUT2D eigenvalue weighted by molar-refractivity contribution is 6.32. The van der Waals surface area contributed by atoms with Crippen LogP contribution in [0, 0.1) is 5.92 Å². The van der Waals surface area contributed by atoms with Gasteiger partial charge in [0.15, 0.2) is 11.5 Å². The number of rotatable bonds is 5. The van der Waals surface area contributed by atoms with Crippen LogP contribution in [0.5, 0.6) is 11.5 Å². The lowest BCUT2D eigenvalue weighted by atomic mass is 10.1. The molecule has 1 amide bonds. The summed E-state index contributed by atoms with van der Waals surface area (Å²) in [5, 5.41) is 3.40. The van der Waals surface area contributed by atoms with Crippen molar-refractivity contribution in [1.82, 2.24) is 5.32 Å². The summed E-state index contributed by atoms with van der Waals surface area (Å²) in [4.78, 5) is 11.8. The number of amides is 1. The minimum Gasteiger partial charge on any atom is -0.486 e. The standard InChI is InChI=1S/C15H20ClNO3/c1-10(2)3-4-17-14(18)9-11-7-12(16)15-13(8-11)19-5-6-20-15/h7-8,10H,3-6,9H2,1-2H3,(H,17,18). The van der Waals surface area contributed by atoms with Gasteiger partial charge in [0.1, 0.15) is 13.2 Å². The zero-order valence-corrected chi connectivity index (χ0v) is 12.6. The minimum atomic E-state index is -0.00149. The molecular weight excluding hydrogens is 278 g/mol. The smallest absolute Gasteiger partial charge is 0.224 e. The number of hydrogen-bond donors (Lipinski definition) is 1. The molecule has 0 aromatic heterocycles. The Hall–Kier alpha value is -1.42. The molecule has 5 heteroatoms. The van der Waals surface area contributed by atoms with E-state index >= 15 is 0 Å². The summed E-state index contributed by atoms with van der Waals surface area (Å²) < 4.78 is 10.9. The van der Waals surface area contributed by atoms with E-state index in [-0.39, 0.29) is 5.91 Å². The second kappa shape index (κ2) is 6.84. The summed E-state index contributed by atoms with van der Waals surface area (Å²) in [5.74, 6) is 1.77. The third-order valence-electron chi connectivity index (χ3n) is 3.07. The van der Waals surface area contributed by atoms with E-state index in [2.05, 4.69) is 19.2 Å². The highest BCUT2D eigenvalue weighted by Gasteiger charge is 2.17. The molecule has 1 N–H and O–H groups in total. The van der Waals surface area contributed by atoms with Crippen molar-refractivity contribution in [2.75, 3.05) is 19.8 Å². The van der Waals surface area contributed by atoms with Gasteiger partial charge in [-0.3, -0.25) is 4.79 Å². The van der Waals surface area contributed by atoms with E-state index in [0.29, 0.717) is 48.6 Å². The first-order valence-electron chi connectivity index (χ1n) is 6.91. The Morgan fingerprint density at radius 1 is 1.35 bits per heavy atom. The summed E-state index contributed by atoms with van der Waals surface area (Å²) in [6.07, 6.45) is 1.28. The first-order valence-corrected chi connectivity index (χ1v) is 7.28. The van der Waals surface area contributed by atoms with Gasteiger partial charge in [-0.2, -0.15) is 0 Å². The van der Waals surface area contributed by atoms with Crippen LogP contribution in [-0.4, -0.2) is 25.7 Å². The predicted molar refractivity (Wildman–Crippen MR) is 78.6 cm³/mol. The number of carbonyl (C=O) groups is 1. The summed E-state index contributed by atoms with van der Waals surface area (Å²) >= 11 is 6.14. The number of halogens is 1. The average molecular weight is 298 g/mol. The van der Waals surface area contributed by atoms with Crippen LogP contribution < -0.4 is 14.8 Å². The lowest BCUT2D eigenvalue weighted by molar-refractivity contribution is -0.120. The molecule has 0 spiro atoms. The van der Waals surface area contributed by atoms with Gasteiger partial charge in [0, 0.05) is 6.54 Å². The van der Waals surface area contributed by atoms with Crippen molar-refractivity contribution in [2.45, 2.75) is 26.7 Å². The lowest BCUT2D eigenvalue weighted by Gasteiger charge is -2.20. The van der Waals surface area contributed by atoms with E-state index in [4.69, 9.17) is 21.1 Å². The normalized spacial score (nSPS) is 13.4. The highest BCUT2D eigenvalue weighted by atomic mass is 35.5. The first-order chi connectivity index (χ1) is 9.56. The number of ether oxygens (including phenoxy) is 2. The molecule has 20 heavy (non-hydrogen) atoms. The van der Waals surface area contributed by atoms with Crippen LogP contribution in [0.15, 0.2) is 12.1 Å². The summed E-state index contributed by atoms with van der Waals surface area (Å²) in [5.41, 5.74) is 0.835. The van der Waals surface area contributed by atoms with Gasteiger partial charge in [-0.25, -0.2) is 0 Å². The largest absolute Gasteiger partial charge is 0.486 e. The Labute approximate surface area is 124 Å². The van der Waals surface area contributed by atoms with E-state index in [1.165, 1.54) is 0 Å². The molecule has 1 aromatic carbocycles. The fourth-order valence-electron chi connectivity index (χ4n) is 2.01. The molecule has 0 bridgehead atoms. The zero-order valence-electron chi connectivity index (χ0n) is 11.9. The minimum absolute atomic E-state index is 0.00149. The zero-order chi connectivity index (χ0) is 14.5.